The van der Waals surface area contributed by atoms with E-state index in [2.05, 4.69) is 24.0 Å². The average Bonchev–Trinajstić information content (AvgIpc) is 2.99. The van der Waals surface area contributed by atoms with Crippen molar-refractivity contribution >= 4 is 11.6 Å². The van der Waals surface area contributed by atoms with Crippen LogP contribution in [0.3, 0.4) is 0 Å². The van der Waals surface area contributed by atoms with Crippen molar-refractivity contribution in [2.24, 2.45) is 0 Å². The number of hydrogen-bond acceptors (Lipinski definition) is 6. The number of hydrogen-bond donors (Lipinski definition) is 2. The summed E-state index contributed by atoms with van der Waals surface area (Å²) in [6.45, 7) is 8.57. The summed E-state index contributed by atoms with van der Waals surface area (Å²) in [5.41, 5.74) is 0.685. The second-order valence-electron chi connectivity index (χ2n) is 10.6. The molecule has 4 rings (SSSR count). The highest BCUT2D eigenvalue weighted by Crippen LogP contribution is 2.30. The van der Waals surface area contributed by atoms with Crippen LogP contribution in [-0.2, 0) is 4.79 Å². The van der Waals surface area contributed by atoms with Gasteiger partial charge in [-0.25, -0.2) is 4.39 Å². The summed E-state index contributed by atoms with van der Waals surface area (Å²) in [6.07, 6.45) is 1.25. The van der Waals surface area contributed by atoms with Gasteiger partial charge in [-0.05, 0) is 62.1 Å². The number of anilines is 1. The zero-order valence-corrected chi connectivity index (χ0v) is 21.5. The fourth-order valence-corrected chi connectivity index (χ4v) is 5.32. The van der Waals surface area contributed by atoms with E-state index < -0.39 is 11.2 Å². The van der Waals surface area contributed by atoms with Crippen LogP contribution >= 0.6 is 0 Å². The number of nitrogens with zero attached hydrogens (tertiary/aromatic N) is 3. The molecule has 2 fully saturated rings. The van der Waals surface area contributed by atoms with Gasteiger partial charge in [0.2, 0.25) is 5.91 Å². The molecule has 2 heterocycles. The Morgan fingerprint density at radius 3 is 2.36 bits per heavy atom. The molecule has 2 aliphatic rings. The maximum absolute atomic E-state index is 13.6. The molecule has 0 unspecified atom stereocenters. The lowest BCUT2D eigenvalue weighted by Gasteiger charge is -2.43. The molecular weight excluding hydrogens is 461 g/mol. The number of ether oxygens (including phenoxy) is 1. The Hall–Kier alpha value is -2.68. The summed E-state index contributed by atoms with van der Waals surface area (Å²) in [7, 11) is 0. The van der Waals surface area contributed by atoms with Gasteiger partial charge in [0.1, 0.15) is 23.8 Å². The normalized spacial score (nSPS) is 22.8. The van der Waals surface area contributed by atoms with Gasteiger partial charge < -0.3 is 24.7 Å². The van der Waals surface area contributed by atoms with Crippen LogP contribution in [0.1, 0.15) is 30.9 Å². The van der Waals surface area contributed by atoms with Crippen molar-refractivity contribution in [1.29, 1.82) is 0 Å². The monoisotopic (exact) mass is 499 g/mol. The predicted octanol–water partition coefficient (Wildman–Crippen LogP) is 2.75. The topological polar surface area (TPSA) is 76.5 Å². The molecule has 2 aromatic carbocycles. The molecule has 0 spiro atoms. The van der Waals surface area contributed by atoms with Crippen LogP contribution in [0.5, 0.6) is 5.75 Å². The average molecular weight is 500 g/mol. The molecular formula is C28H38FN3O4. The first-order valence-electron chi connectivity index (χ1n) is 12.7. The quantitative estimate of drug-likeness (QED) is 0.637. The van der Waals surface area contributed by atoms with E-state index in [0.717, 1.165) is 13.1 Å². The second kappa shape index (κ2) is 10.7. The first-order chi connectivity index (χ1) is 17.1. The molecule has 1 amide bonds. The van der Waals surface area contributed by atoms with Gasteiger partial charge in [0.05, 0.1) is 12.1 Å². The molecule has 8 heteroatoms. The Labute approximate surface area is 213 Å². The minimum Gasteiger partial charge on any atom is -0.490 e. The van der Waals surface area contributed by atoms with Crippen molar-refractivity contribution in [2.75, 3.05) is 57.3 Å². The number of carbonyl (C=O) groups excluding carboxylic acids is 1. The minimum atomic E-state index is -1.33. The zero-order chi connectivity index (χ0) is 25.9. The first kappa shape index (κ1) is 26.4. The zero-order valence-electron chi connectivity index (χ0n) is 21.5. The van der Waals surface area contributed by atoms with Crippen LogP contribution in [-0.4, -0.2) is 89.5 Å². The fraction of sp³-hybridized carbons (Fsp3) is 0.536. The molecule has 0 bridgehead atoms. The SMILES string of the molecule is CC(=O)N1CCN(CC2(O)CCN(c3ccccc3C)CC2)C[C@@](O)(COc2ccc(F)c(C)c2)C1. The highest BCUT2D eigenvalue weighted by molar-refractivity contribution is 5.73. The molecule has 0 aliphatic carbocycles. The third-order valence-corrected chi connectivity index (χ3v) is 7.44. The smallest absolute Gasteiger partial charge is 0.219 e. The molecule has 196 valence electrons. The van der Waals surface area contributed by atoms with E-state index in [-0.39, 0.29) is 31.4 Å². The van der Waals surface area contributed by atoms with Crippen molar-refractivity contribution in [3.8, 4) is 5.75 Å². The second-order valence-corrected chi connectivity index (χ2v) is 10.6. The van der Waals surface area contributed by atoms with Gasteiger partial charge in [0.25, 0.3) is 0 Å². The third-order valence-electron chi connectivity index (χ3n) is 7.44. The number of carbonyl (C=O) groups is 1. The largest absolute Gasteiger partial charge is 0.490 e. The lowest BCUT2D eigenvalue weighted by molar-refractivity contribution is -0.132. The van der Waals surface area contributed by atoms with E-state index in [1.54, 1.807) is 17.9 Å². The number of aryl methyl sites for hydroxylation is 2. The van der Waals surface area contributed by atoms with E-state index in [0.29, 0.717) is 43.8 Å². The van der Waals surface area contributed by atoms with Gasteiger partial charge in [0.15, 0.2) is 0 Å². The van der Waals surface area contributed by atoms with Crippen LogP contribution in [0.15, 0.2) is 42.5 Å². The lowest BCUT2D eigenvalue weighted by Crippen LogP contribution is -2.55. The number of aliphatic hydroxyl groups is 2. The number of benzene rings is 2. The van der Waals surface area contributed by atoms with E-state index >= 15 is 0 Å². The molecule has 0 radical (unpaired) electrons. The van der Waals surface area contributed by atoms with Crippen LogP contribution in [0.2, 0.25) is 0 Å². The van der Waals surface area contributed by atoms with Gasteiger partial charge in [-0.1, -0.05) is 18.2 Å². The summed E-state index contributed by atoms with van der Waals surface area (Å²) in [4.78, 5) is 18.2. The van der Waals surface area contributed by atoms with Crippen LogP contribution in [0, 0.1) is 19.7 Å². The molecule has 36 heavy (non-hydrogen) atoms. The fourth-order valence-electron chi connectivity index (χ4n) is 5.32. The Bertz CT molecular complexity index is 1070. The van der Waals surface area contributed by atoms with E-state index in [9.17, 15) is 19.4 Å². The summed E-state index contributed by atoms with van der Waals surface area (Å²) >= 11 is 0. The number of para-hydroxylation sites is 1. The number of halogens is 1. The standard InChI is InChI=1S/C28H38FN3O4/c1-21-6-4-5-7-26(21)31-12-10-27(34,11-13-31)17-30-14-15-32(23(3)33)19-28(35,18-30)20-36-24-8-9-25(29)22(2)16-24/h4-9,16,34-35H,10-15,17-20H2,1-3H3/t28-/m0/s1. The molecule has 2 saturated heterocycles. The summed E-state index contributed by atoms with van der Waals surface area (Å²) in [5, 5.41) is 23.0. The number of rotatable bonds is 6. The number of piperidine rings is 1. The van der Waals surface area contributed by atoms with Crippen molar-refractivity contribution in [2.45, 2.75) is 44.8 Å². The van der Waals surface area contributed by atoms with Crippen LogP contribution in [0.25, 0.3) is 0 Å². The van der Waals surface area contributed by atoms with Crippen molar-refractivity contribution < 1.29 is 24.1 Å². The predicted molar refractivity (Wildman–Crippen MR) is 138 cm³/mol. The Kier molecular flexibility index (Phi) is 7.87. The highest BCUT2D eigenvalue weighted by Gasteiger charge is 2.41. The van der Waals surface area contributed by atoms with Gasteiger partial charge in [-0.3, -0.25) is 9.69 Å². The lowest BCUT2D eigenvalue weighted by atomic mass is 9.89. The third kappa shape index (κ3) is 6.35. The molecule has 0 aromatic heterocycles. The van der Waals surface area contributed by atoms with Gasteiger partial charge >= 0.3 is 0 Å². The molecule has 2 aromatic rings. The molecule has 0 saturated carbocycles. The Morgan fingerprint density at radius 1 is 0.972 bits per heavy atom. The summed E-state index contributed by atoms with van der Waals surface area (Å²) in [5.74, 6) is 0.0408. The summed E-state index contributed by atoms with van der Waals surface area (Å²) in [6, 6.07) is 12.8. The summed E-state index contributed by atoms with van der Waals surface area (Å²) < 4.78 is 19.5. The van der Waals surface area contributed by atoms with Crippen molar-refractivity contribution in [1.82, 2.24) is 9.80 Å². The number of amides is 1. The van der Waals surface area contributed by atoms with Gasteiger partial charge in [0, 0.05) is 51.9 Å². The molecule has 2 aliphatic heterocycles. The van der Waals surface area contributed by atoms with Crippen LogP contribution in [0.4, 0.5) is 10.1 Å². The van der Waals surface area contributed by atoms with E-state index in [4.69, 9.17) is 4.74 Å². The molecule has 7 nitrogen and oxygen atoms in total. The Balaban J connectivity index is 1.42. The van der Waals surface area contributed by atoms with Crippen molar-refractivity contribution in [3.05, 3.63) is 59.4 Å². The number of β-amino-alcohol motifs (C(OH)–C–C–N with tert-alkyl or cyclic N) is 2. The maximum atomic E-state index is 13.6. The molecule has 2 N–H and O–H groups in total. The molecule has 1 atom stereocenters. The van der Waals surface area contributed by atoms with E-state index in [1.807, 2.05) is 17.0 Å². The minimum absolute atomic E-state index is 0.0438. The maximum Gasteiger partial charge on any atom is 0.219 e. The van der Waals surface area contributed by atoms with Crippen molar-refractivity contribution in [3.63, 3.8) is 0 Å². The first-order valence-corrected chi connectivity index (χ1v) is 12.7. The van der Waals surface area contributed by atoms with Gasteiger partial charge in [-0.15, -0.1) is 0 Å². The highest BCUT2D eigenvalue weighted by atomic mass is 19.1. The van der Waals surface area contributed by atoms with Gasteiger partial charge in [-0.2, -0.15) is 0 Å². The van der Waals surface area contributed by atoms with E-state index in [1.165, 1.54) is 30.3 Å². The Morgan fingerprint density at radius 2 is 1.69 bits per heavy atom. The van der Waals surface area contributed by atoms with Crippen LogP contribution < -0.4 is 9.64 Å².